The highest BCUT2D eigenvalue weighted by molar-refractivity contribution is 5.92. The van der Waals surface area contributed by atoms with Gasteiger partial charge in [0.2, 0.25) is 0 Å². The zero-order valence-electron chi connectivity index (χ0n) is 15.9. The van der Waals surface area contributed by atoms with E-state index < -0.39 is 0 Å². The quantitative estimate of drug-likeness (QED) is 0.692. The number of nitrogens with one attached hydrogen (secondary N) is 2. The molecule has 2 heterocycles. The van der Waals surface area contributed by atoms with Crippen molar-refractivity contribution < 1.29 is 9.53 Å². The van der Waals surface area contributed by atoms with Gasteiger partial charge >= 0.3 is 6.03 Å². The summed E-state index contributed by atoms with van der Waals surface area (Å²) in [5.41, 5.74) is 3.05. The van der Waals surface area contributed by atoms with Crippen LogP contribution in [0.15, 0.2) is 60.8 Å². The second-order valence-electron chi connectivity index (χ2n) is 7.03. The van der Waals surface area contributed by atoms with Gasteiger partial charge in [-0.25, -0.2) is 4.79 Å². The molecular weight excluding hydrogens is 352 g/mol. The van der Waals surface area contributed by atoms with E-state index in [1.54, 1.807) is 0 Å². The van der Waals surface area contributed by atoms with E-state index in [0.29, 0.717) is 6.54 Å². The number of anilines is 1. The summed E-state index contributed by atoms with van der Waals surface area (Å²) in [6.07, 6.45) is 2.12. The van der Waals surface area contributed by atoms with Crippen LogP contribution in [0.4, 0.5) is 10.5 Å². The third-order valence-corrected chi connectivity index (χ3v) is 5.09. The zero-order chi connectivity index (χ0) is 19.2. The molecule has 2 aromatic carbocycles. The number of carbonyl (C=O) groups is 1. The molecule has 1 fully saturated rings. The van der Waals surface area contributed by atoms with E-state index in [-0.39, 0.29) is 6.03 Å². The largest absolute Gasteiger partial charge is 0.379 e. The molecule has 0 unspecified atom stereocenters. The molecule has 6 heteroatoms. The van der Waals surface area contributed by atoms with E-state index in [2.05, 4.69) is 38.4 Å². The van der Waals surface area contributed by atoms with Crippen LogP contribution in [0.5, 0.6) is 0 Å². The normalized spacial score (nSPS) is 14.9. The first-order valence-corrected chi connectivity index (χ1v) is 9.76. The van der Waals surface area contributed by atoms with Crippen LogP contribution in [0.25, 0.3) is 10.9 Å². The standard InChI is InChI=1S/C22H26N4O2/c27-22(23-17-18-4-2-1-3-5-18)24-20-6-7-21-19(16-20)8-9-26(21)11-10-25-12-14-28-15-13-25/h1-9,16H,10-15,17H2,(H2,23,24,27). The number of hydrogen-bond acceptors (Lipinski definition) is 3. The lowest BCUT2D eigenvalue weighted by Gasteiger charge is -2.26. The fourth-order valence-electron chi connectivity index (χ4n) is 3.50. The molecule has 146 valence electrons. The fraction of sp³-hybridized carbons (Fsp3) is 0.318. The molecule has 1 aromatic heterocycles. The smallest absolute Gasteiger partial charge is 0.319 e. The second-order valence-corrected chi connectivity index (χ2v) is 7.03. The summed E-state index contributed by atoms with van der Waals surface area (Å²) in [5, 5.41) is 6.93. The second kappa shape index (κ2) is 8.91. The maximum Gasteiger partial charge on any atom is 0.319 e. The molecule has 2 N–H and O–H groups in total. The van der Waals surface area contributed by atoms with Crippen LogP contribution >= 0.6 is 0 Å². The minimum atomic E-state index is -0.199. The first-order valence-electron chi connectivity index (χ1n) is 9.76. The van der Waals surface area contributed by atoms with Crippen molar-refractivity contribution in [2.75, 3.05) is 38.2 Å². The van der Waals surface area contributed by atoms with E-state index in [0.717, 1.165) is 56.0 Å². The van der Waals surface area contributed by atoms with Gasteiger partial charge in [-0.05, 0) is 29.8 Å². The summed E-state index contributed by atoms with van der Waals surface area (Å²) in [6.45, 7) is 6.15. The van der Waals surface area contributed by atoms with Gasteiger partial charge in [-0.3, -0.25) is 4.90 Å². The van der Waals surface area contributed by atoms with Crippen molar-refractivity contribution in [1.82, 2.24) is 14.8 Å². The number of rotatable bonds is 6. The third kappa shape index (κ3) is 4.71. The minimum absolute atomic E-state index is 0.199. The van der Waals surface area contributed by atoms with E-state index in [9.17, 15) is 4.79 Å². The molecule has 4 rings (SSSR count). The van der Waals surface area contributed by atoms with Crippen molar-refractivity contribution in [3.05, 3.63) is 66.4 Å². The summed E-state index contributed by atoms with van der Waals surface area (Å²) >= 11 is 0. The van der Waals surface area contributed by atoms with Gasteiger partial charge in [0, 0.05) is 55.5 Å². The average molecular weight is 378 g/mol. The monoisotopic (exact) mass is 378 g/mol. The lowest BCUT2D eigenvalue weighted by Crippen LogP contribution is -2.38. The van der Waals surface area contributed by atoms with Crippen LogP contribution < -0.4 is 10.6 Å². The number of amides is 2. The SMILES string of the molecule is O=C(NCc1ccccc1)Nc1ccc2c(ccn2CCN2CCOCC2)c1. The van der Waals surface area contributed by atoms with Crippen molar-refractivity contribution in [1.29, 1.82) is 0 Å². The highest BCUT2D eigenvalue weighted by Crippen LogP contribution is 2.20. The van der Waals surface area contributed by atoms with Crippen LogP contribution in [-0.4, -0.2) is 48.3 Å². The Bertz CT molecular complexity index is 917. The Balaban J connectivity index is 1.33. The Morgan fingerprint density at radius 1 is 1.00 bits per heavy atom. The molecule has 28 heavy (non-hydrogen) atoms. The van der Waals surface area contributed by atoms with Crippen molar-refractivity contribution in [3.8, 4) is 0 Å². The Hall–Kier alpha value is -2.83. The molecule has 0 spiro atoms. The Kier molecular flexibility index (Phi) is 5.89. The summed E-state index contributed by atoms with van der Waals surface area (Å²) in [6, 6.07) is 17.8. The molecule has 0 aliphatic carbocycles. The summed E-state index contributed by atoms with van der Waals surface area (Å²) in [5.74, 6) is 0. The van der Waals surface area contributed by atoms with Gasteiger partial charge in [0.05, 0.1) is 13.2 Å². The summed E-state index contributed by atoms with van der Waals surface area (Å²) in [7, 11) is 0. The number of hydrogen-bond donors (Lipinski definition) is 2. The van der Waals surface area contributed by atoms with Gasteiger partial charge in [0.1, 0.15) is 0 Å². The highest BCUT2D eigenvalue weighted by atomic mass is 16.5. The summed E-state index contributed by atoms with van der Waals surface area (Å²) in [4.78, 5) is 14.6. The number of fused-ring (bicyclic) bond motifs is 1. The molecular formula is C22H26N4O2. The van der Waals surface area contributed by atoms with Crippen molar-refractivity contribution in [2.24, 2.45) is 0 Å². The lowest BCUT2D eigenvalue weighted by atomic mass is 10.2. The fourth-order valence-corrected chi connectivity index (χ4v) is 3.50. The number of aromatic nitrogens is 1. The van der Waals surface area contributed by atoms with Crippen LogP contribution in [-0.2, 0) is 17.8 Å². The maximum absolute atomic E-state index is 12.2. The Labute approximate surface area is 165 Å². The van der Waals surface area contributed by atoms with Gasteiger partial charge in [-0.15, -0.1) is 0 Å². The minimum Gasteiger partial charge on any atom is -0.379 e. The highest BCUT2D eigenvalue weighted by Gasteiger charge is 2.11. The van der Waals surface area contributed by atoms with Gasteiger partial charge in [-0.2, -0.15) is 0 Å². The molecule has 0 saturated carbocycles. The van der Waals surface area contributed by atoms with Crippen molar-refractivity contribution in [3.63, 3.8) is 0 Å². The number of nitrogens with zero attached hydrogens (tertiary/aromatic N) is 2. The van der Waals surface area contributed by atoms with Gasteiger partial charge < -0.3 is 19.9 Å². The maximum atomic E-state index is 12.2. The van der Waals surface area contributed by atoms with E-state index in [1.807, 2.05) is 42.5 Å². The molecule has 0 bridgehead atoms. The van der Waals surface area contributed by atoms with Crippen LogP contribution in [0, 0.1) is 0 Å². The van der Waals surface area contributed by atoms with Gasteiger partial charge in [0.15, 0.2) is 0 Å². The number of carbonyl (C=O) groups excluding carboxylic acids is 1. The molecule has 2 amide bonds. The first-order chi connectivity index (χ1) is 13.8. The van der Waals surface area contributed by atoms with Crippen LogP contribution in [0.1, 0.15) is 5.56 Å². The van der Waals surface area contributed by atoms with Gasteiger partial charge in [-0.1, -0.05) is 30.3 Å². The molecule has 1 aliphatic heterocycles. The molecule has 1 saturated heterocycles. The predicted molar refractivity (Wildman–Crippen MR) is 111 cm³/mol. The number of benzene rings is 2. The molecule has 6 nitrogen and oxygen atoms in total. The molecule has 0 radical (unpaired) electrons. The van der Waals surface area contributed by atoms with Crippen molar-refractivity contribution >= 4 is 22.6 Å². The van der Waals surface area contributed by atoms with E-state index >= 15 is 0 Å². The van der Waals surface area contributed by atoms with Crippen LogP contribution in [0.3, 0.4) is 0 Å². The Morgan fingerprint density at radius 2 is 1.82 bits per heavy atom. The number of urea groups is 1. The third-order valence-electron chi connectivity index (χ3n) is 5.09. The first kappa shape index (κ1) is 18.5. The zero-order valence-corrected chi connectivity index (χ0v) is 15.9. The predicted octanol–water partition coefficient (Wildman–Crippen LogP) is 3.30. The van der Waals surface area contributed by atoms with Gasteiger partial charge in [0.25, 0.3) is 0 Å². The lowest BCUT2D eigenvalue weighted by molar-refractivity contribution is 0.0365. The average Bonchev–Trinajstić information content (AvgIpc) is 3.14. The van der Waals surface area contributed by atoms with E-state index in [1.165, 1.54) is 5.52 Å². The van der Waals surface area contributed by atoms with E-state index in [4.69, 9.17) is 4.74 Å². The topological polar surface area (TPSA) is 58.5 Å². The molecule has 1 aliphatic rings. The van der Waals surface area contributed by atoms with Crippen molar-refractivity contribution in [2.45, 2.75) is 13.1 Å². The number of morpholine rings is 1. The molecule has 3 aromatic rings. The molecule has 0 atom stereocenters. The summed E-state index contributed by atoms with van der Waals surface area (Å²) < 4.78 is 7.67. The Morgan fingerprint density at radius 3 is 2.64 bits per heavy atom. The number of ether oxygens (including phenoxy) is 1. The van der Waals surface area contributed by atoms with Crippen LogP contribution in [0.2, 0.25) is 0 Å².